The van der Waals surface area contributed by atoms with E-state index in [0.29, 0.717) is 10.6 Å². The number of thiophene rings is 1. The van der Waals surface area contributed by atoms with Gasteiger partial charge in [-0.3, -0.25) is 19.2 Å². The minimum Gasteiger partial charge on any atom is -0.508 e. The van der Waals surface area contributed by atoms with Gasteiger partial charge in [0.25, 0.3) is 0 Å². The van der Waals surface area contributed by atoms with Crippen LogP contribution in [0.1, 0.15) is 38.1 Å². The fourth-order valence-corrected chi connectivity index (χ4v) is 4.41. The van der Waals surface area contributed by atoms with Gasteiger partial charge < -0.3 is 33.5 Å². The highest BCUT2D eigenvalue weighted by molar-refractivity contribution is 7.11. The molecule has 0 amide bonds. The number of hydrogen-bond donors (Lipinski definition) is 1. The first-order valence-corrected chi connectivity index (χ1v) is 12.4. The van der Waals surface area contributed by atoms with Crippen LogP contribution in [0.15, 0.2) is 35.7 Å². The number of esters is 4. The molecule has 1 aliphatic rings. The molecule has 11 nitrogen and oxygen atoms in total. The molecule has 12 heteroatoms. The molecule has 2 aromatic rings. The normalized spacial score (nSPS) is 22.9. The number of ether oxygens (including phenoxy) is 6. The predicted octanol–water partition coefficient (Wildman–Crippen LogP) is 3.09. The Hall–Kier alpha value is -3.90. The summed E-state index contributed by atoms with van der Waals surface area (Å²) in [6, 6.07) is 8.26. The minimum atomic E-state index is -1.33. The maximum absolute atomic E-state index is 12.0. The highest BCUT2D eigenvalue weighted by Gasteiger charge is 2.53. The molecule has 0 aliphatic carbocycles. The first-order chi connectivity index (χ1) is 18.0. The fraction of sp³-hybridized carbons (Fsp3) is 0.385. The van der Waals surface area contributed by atoms with Crippen LogP contribution in [0.3, 0.4) is 0 Å². The number of hydrogen-bond acceptors (Lipinski definition) is 12. The SMILES string of the molecule is CC(=O)OCC1OC(Oc2ccsc2/C=C/c2ccc(O)cc2)C(OC(C)=O)C(OC(C)=O)C1OC(C)=O. The molecule has 38 heavy (non-hydrogen) atoms. The largest absolute Gasteiger partial charge is 0.508 e. The first kappa shape index (κ1) is 28.7. The number of benzene rings is 1. The van der Waals surface area contributed by atoms with Gasteiger partial charge in [-0.15, -0.1) is 11.3 Å². The van der Waals surface area contributed by atoms with Gasteiger partial charge in [-0.25, -0.2) is 0 Å². The number of carbonyl (C=O) groups excluding carboxylic acids is 4. The highest BCUT2D eigenvalue weighted by Crippen LogP contribution is 2.34. The Morgan fingerprint density at radius 2 is 1.45 bits per heavy atom. The van der Waals surface area contributed by atoms with Gasteiger partial charge in [0.05, 0.1) is 4.88 Å². The summed E-state index contributed by atoms with van der Waals surface area (Å²) in [7, 11) is 0. The van der Waals surface area contributed by atoms with Crippen LogP contribution in [0, 0.1) is 0 Å². The second kappa shape index (κ2) is 13.1. The summed E-state index contributed by atoms with van der Waals surface area (Å²) in [5, 5.41) is 11.3. The van der Waals surface area contributed by atoms with E-state index >= 15 is 0 Å². The van der Waals surface area contributed by atoms with Gasteiger partial charge in [0, 0.05) is 27.7 Å². The zero-order valence-corrected chi connectivity index (χ0v) is 22.0. The van der Waals surface area contributed by atoms with Crippen LogP contribution >= 0.6 is 11.3 Å². The number of aromatic hydroxyl groups is 1. The Kier molecular flexibility index (Phi) is 9.85. The van der Waals surface area contributed by atoms with Crippen LogP contribution in [0.5, 0.6) is 11.5 Å². The molecule has 1 aromatic carbocycles. The maximum atomic E-state index is 12.0. The first-order valence-electron chi connectivity index (χ1n) is 11.5. The lowest BCUT2D eigenvalue weighted by Crippen LogP contribution is -2.63. The Bertz CT molecular complexity index is 1170. The fourth-order valence-electron chi connectivity index (χ4n) is 3.69. The molecule has 1 fully saturated rings. The van der Waals surface area contributed by atoms with Crippen LogP contribution in [0.25, 0.3) is 12.2 Å². The molecule has 0 saturated carbocycles. The average Bonchev–Trinajstić information content (AvgIpc) is 3.27. The standard InChI is InChI=1S/C26H28O11S/c1-14(27)32-13-21-23(33-15(2)28)24(34-16(3)29)25(35-17(4)30)26(37-21)36-20-11-12-38-22(20)10-7-18-5-8-19(31)9-6-18/h5-12,21,23-26,31H,13H2,1-4H3/b10-7+. The van der Waals surface area contributed by atoms with Crippen LogP contribution in [-0.4, -0.2) is 66.3 Å². The predicted molar refractivity (Wildman–Crippen MR) is 134 cm³/mol. The minimum absolute atomic E-state index is 0.144. The quantitative estimate of drug-likeness (QED) is 0.365. The van der Waals surface area contributed by atoms with Gasteiger partial charge >= 0.3 is 23.9 Å². The van der Waals surface area contributed by atoms with Crippen LogP contribution < -0.4 is 4.74 Å². The topological polar surface area (TPSA) is 144 Å². The third-order valence-electron chi connectivity index (χ3n) is 5.17. The smallest absolute Gasteiger partial charge is 0.303 e. The Morgan fingerprint density at radius 3 is 2.05 bits per heavy atom. The Balaban J connectivity index is 1.94. The van der Waals surface area contributed by atoms with E-state index in [9.17, 15) is 24.3 Å². The van der Waals surface area contributed by atoms with Crippen LogP contribution in [0.2, 0.25) is 0 Å². The molecule has 0 radical (unpaired) electrons. The molecule has 0 spiro atoms. The lowest BCUT2D eigenvalue weighted by atomic mass is 9.98. The summed E-state index contributed by atoms with van der Waals surface area (Å²) in [6.07, 6.45) is -2.76. The van der Waals surface area contributed by atoms with E-state index in [2.05, 4.69) is 0 Å². The van der Waals surface area contributed by atoms with E-state index in [-0.39, 0.29) is 12.4 Å². The third-order valence-corrected chi connectivity index (χ3v) is 6.03. The van der Waals surface area contributed by atoms with E-state index < -0.39 is 54.6 Å². The summed E-state index contributed by atoms with van der Waals surface area (Å²) >= 11 is 1.36. The summed E-state index contributed by atoms with van der Waals surface area (Å²) in [4.78, 5) is 48.0. The van der Waals surface area contributed by atoms with Gasteiger partial charge in [-0.1, -0.05) is 18.2 Å². The maximum Gasteiger partial charge on any atom is 0.303 e. The molecule has 5 atom stereocenters. The van der Waals surface area contributed by atoms with Crippen molar-refractivity contribution >= 4 is 47.4 Å². The summed E-state index contributed by atoms with van der Waals surface area (Å²) in [5.41, 5.74) is 0.828. The van der Waals surface area contributed by atoms with Crippen LogP contribution in [-0.2, 0) is 42.9 Å². The molecule has 2 heterocycles. The summed E-state index contributed by atoms with van der Waals surface area (Å²) < 4.78 is 33.4. The number of phenolic OH excluding ortho intramolecular Hbond substituents is 1. The second-order valence-corrected chi connectivity index (χ2v) is 9.21. The van der Waals surface area contributed by atoms with E-state index in [1.807, 2.05) is 6.08 Å². The van der Waals surface area contributed by atoms with Crippen molar-refractivity contribution in [3.63, 3.8) is 0 Å². The molecule has 1 saturated heterocycles. The van der Waals surface area contributed by atoms with E-state index in [4.69, 9.17) is 28.4 Å². The van der Waals surface area contributed by atoms with E-state index in [0.717, 1.165) is 26.3 Å². The van der Waals surface area contributed by atoms with Gasteiger partial charge in [-0.2, -0.15) is 0 Å². The Labute approximate surface area is 222 Å². The van der Waals surface area contributed by atoms with E-state index in [1.54, 1.807) is 41.8 Å². The Morgan fingerprint density at radius 1 is 0.842 bits per heavy atom. The van der Waals surface area contributed by atoms with Crippen molar-refractivity contribution in [2.75, 3.05) is 6.61 Å². The molecule has 1 aliphatic heterocycles. The van der Waals surface area contributed by atoms with Crippen molar-refractivity contribution in [3.05, 3.63) is 46.2 Å². The van der Waals surface area contributed by atoms with Crippen LogP contribution in [0.4, 0.5) is 0 Å². The van der Waals surface area contributed by atoms with Crippen molar-refractivity contribution < 1.29 is 52.7 Å². The van der Waals surface area contributed by atoms with Crippen molar-refractivity contribution in [2.24, 2.45) is 0 Å². The molecular weight excluding hydrogens is 520 g/mol. The average molecular weight is 549 g/mol. The third kappa shape index (κ3) is 8.05. The van der Waals surface area contributed by atoms with E-state index in [1.165, 1.54) is 18.3 Å². The molecule has 1 N–H and O–H groups in total. The lowest BCUT2D eigenvalue weighted by molar-refractivity contribution is -0.288. The molecule has 3 rings (SSSR count). The van der Waals surface area contributed by atoms with Gasteiger partial charge in [0.15, 0.2) is 12.2 Å². The molecule has 1 aromatic heterocycles. The number of carbonyl (C=O) groups is 4. The summed E-state index contributed by atoms with van der Waals surface area (Å²) in [6.45, 7) is 4.29. The van der Waals surface area contributed by atoms with Crippen molar-refractivity contribution in [1.29, 1.82) is 0 Å². The molecule has 0 bridgehead atoms. The monoisotopic (exact) mass is 548 g/mol. The lowest BCUT2D eigenvalue weighted by Gasteiger charge is -2.43. The summed E-state index contributed by atoms with van der Waals surface area (Å²) in [5.74, 6) is -2.27. The molecule has 5 unspecified atom stereocenters. The highest BCUT2D eigenvalue weighted by atomic mass is 32.1. The number of phenols is 1. The van der Waals surface area contributed by atoms with Gasteiger partial charge in [0.2, 0.25) is 12.4 Å². The number of rotatable bonds is 9. The molecule has 204 valence electrons. The van der Waals surface area contributed by atoms with Crippen molar-refractivity contribution in [3.8, 4) is 11.5 Å². The van der Waals surface area contributed by atoms with Gasteiger partial charge in [-0.05, 0) is 35.2 Å². The second-order valence-electron chi connectivity index (χ2n) is 8.26. The zero-order valence-electron chi connectivity index (χ0n) is 21.2. The van der Waals surface area contributed by atoms with Crippen molar-refractivity contribution in [1.82, 2.24) is 0 Å². The van der Waals surface area contributed by atoms with Gasteiger partial charge in [0.1, 0.15) is 24.2 Å². The molecular formula is C26H28O11S. The van der Waals surface area contributed by atoms with Crippen molar-refractivity contribution in [2.45, 2.75) is 58.4 Å². The zero-order chi connectivity index (χ0) is 27.8.